The predicted octanol–water partition coefficient (Wildman–Crippen LogP) is 2.20. The Morgan fingerprint density at radius 3 is 3.05 bits per heavy atom. The van der Waals surface area contributed by atoms with Gasteiger partial charge < -0.3 is 19.9 Å². The van der Waals surface area contributed by atoms with E-state index in [2.05, 4.69) is 34.3 Å². The topological polar surface area (TPSA) is 57.5 Å². The van der Waals surface area contributed by atoms with Crippen molar-refractivity contribution >= 4 is 16.9 Å². The largest absolute Gasteiger partial charge is 0.391 e. The van der Waals surface area contributed by atoms with Crippen molar-refractivity contribution in [3.8, 4) is 0 Å². The van der Waals surface area contributed by atoms with E-state index in [4.69, 9.17) is 0 Å². The molecule has 2 heterocycles. The summed E-state index contributed by atoms with van der Waals surface area (Å²) >= 11 is 0. The van der Waals surface area contributed by atoms with Gasteiger partial charge in [0.2, 0.25) is 0 Å². The van der Waals surface area contributed by atoms with Crippen LogP contribution in [0.2, 0.25) is 0 Å². The number of rotatable bonds is 4. The highest BCUT2D eigenvalue weighted by molar-refractivity contribution is 5.79. The molecule has 3 rings (SSSR count). The minimum atomic E-state index is -0.370. The normalized spacial score (nSPS) is 18.6. The van der Waals surface area contributed by atoms with Crippen LogP contribution in [0.15, 0.2) is 36.5 Å². The monoisotopic (exact) mass is 301 g/mol. The molecule has 22 heavy (non-hydrogen) atoms. The van der Waals surface area contributed by atoms with Crippen LogP contribution < -0.4 is 5.32 Å². The highest BCUT2D eigenvalue weighted by Crippen LogP contribution is 2.15. The Hall–Kier alpha value is -2.01. The van der Waals surface area contributed by atoms with Crippen molar-refractivity contribution in [3.63, 3.8) is 0 Å². The van der Waals surface area contributed by atoms with Crippen molar-refractivity contribution in [2.24, 2.45) is 0 Å². The number of fused-ring (bicyclic) bond motifs is 1. The van der Waals surface area contributed by atoms with Crippen LogP contribution in [0.3, 0.4) is 0 Å². The Balaban J connectivity index is 1.44. The number of hydrogen-bond acceptors (Lipinski definition) is 2. The fourth-order valence-corrected chi connectivity index (χ4v) is 3.03. The zero-order valence-electron chi connectivity index (χ0n) is 12.7. The second-order valence-corrected chi connectivity index (χ2v) is 5.90. The molecule has 1 aromatic heterocycles. The molecule has 0 bridgehead atoms. The number of nitrogens with one attached hydrogen (secondary N) is 1. The van der Waals surface area contributed by atoms with Gasteiger partial charge in [-0.3, -0.25) is 0 Å². The molecule has 1 aliphatic heterocycles. The van der Waals surface area contributed by atoms with Gasteiger partial charge in [0, 0.05) is 37.9 Å². The number of aromatic nitrogens is 1. The second-order valence-electron chi connectivity index (χ2n) is 5.90. The number of carbonyl (C=O) groups excluding carboxylic acids is 1. The number of para-hydroxylation sites is 1. The maximum Gasteiger partial charge on any atom is 0.317 e. The molecule has 118 valence electrons. The van der Waals surface area contributed by atoms with Crippen molar-refractivity contribution in [2.75, 3.05) is 19.6 Å². The number of urea groups is 1. The van der Waals surface area contributed by atoms with Gasteiger partial charge in [0.15, 0.2) is 0 Å². The lowest BCUT2D eigenvalue weighted by Crippen LogP contribution is -2.47. The van der Waals surface area contributed by atoms with Gasteiger partial charge in [-0.2, -0.15) is 0 Å². The molecule has 0 radical (unpaired) electrons. The van der Waals surface area contributed by atoms with Crippen molar-refractivity contribution in [2.45, 2.75) is 31.9 Å². The zero-order valence-corrected chi connectivity index (χ0v) is 12.7. The summed E-state index contributed by atoms with van der Waals surface area (Å²) in [6.45, 7) is 2.73. The summed E-state index contributed by atoms with van der Waals surface area (Å²) in [5, 5.41) is 13.8. The maximum absolute atomic E-state index is 12.0. The van der Waals surface area contributed by atoms with E-state index < -0.39 is 0 Å². The average molecular weight is 301 g/mol. The number of β-amino-alcohol motifs (C(OH)–C–C–N with tert-alkyl or cyclic N) is 1. The van der Waals surface area contributed by atoms with Gasteiger partial charge in [-0.15, -0.1) is 0 Å². The number of hydrogen-bond donors (Lipinski definition) is 2. The molecule has 2 aromatic rings. The van der Waals surface area contributed by atoms with Crippen molar-refractivity contribution in [3.05, 3.63) is 36.5 Å². The summed E-state index contributed by atoms with van der Waals surface area (Å²) in [5.41, 5.74) is 1.23. The van der Waals surface area contributed by atoms with Crippen molar-refractivity contribution in [1.29, 1.82) is 0 Å². The summed E-state index contributed by atoms with van der Waals surface area (Å²) in [6, 6.07) is 10.4. The number of piperidine rings is 1. The van der Waals surface area contributed by atoms with Crippen LogP contribution in [0.4, 0.5) is 4.79 Å². The van der Waals surface area contributed by atoms with Crippen LogP contribution in [-0.2, 0) is 6.54 Å². The van der Waals surface area contributed by atoms with E-state index in [1.165, 1.54) is 10.9 Å². The Labute approximate surface area is 130 Å². The first-order chi connectivity index (χ1) is 10.7. The molecule has 5 heteroatoms. The Kier molecular flexibility index (Phi) is 4.63. The van der Waals surface area contributed by atoms with Crippen LogP contribution in [0.1, 0.15) is 19.3 Å². The summed E-state index contributed by atoms with van der Waals surface area (Å²) in [4.78, 5) is 13.7. The smallest absolute Gasteiger partial charge is 0.317 e. The third-order valence-electron chi connectivity index (χ3n) is 4.22. The second kappa shape index (κ2) is 6.83. The molecule has 1 unspecified atom stereocenters. The minimum absolute atomic E-state index is 0.0592. The number of amides is 2. The molecule has 2 N–H and O–H groups in total. The standard InChI is InChI=1S/C17H23N3O2/c21-15-6-3-10-20(13-15)17(22)18-9-4-11-19-12-8-14-5-1-2-7-16(14)19/h1-2,5,7-8,12,15,21H,3-4,6,9-11,13H2,(H,18,22). The third kappa shape index (κ3) is 3.42. The van der Waals surface area contributed by atoms with E-state index in [9.17, 15) is 9.90 Å². The Bertz CT molecular complexity index is 638. The molecular formula is C17H23N3O2. The summed E-state index contributed by atoms with van der Waals surface area (Å²) in [6.07, 6.45) is 4.29. The van der Waals surface area contributed by atoms with E-state index in [1.54, 1.807) is 4.90 Å². The SMILES string of the molecule is O=C(NCCCn1ccc2ccccc21)N1CCCC(O)C1. The van der Waals surface area contributed by atoms with Gasteiger partial charge in [0.05, 0.1) is 6.10 Å². The highest BCUT2D eigenvalue weighted by Gasteiger charge is 2.21. The van der Waals surface area contributed by atoms with Crippen LogP contribution in [0.25, 0.3) is 10.9 Å². The first kappa shape index (κ1) is 14.9. The summed E-state index contributed by atoms with van der Waals surface area (Å²) in [7, 11) is 0. The fourth-order valence-electron chi connectivity index (χ4n) is 3.03. The first-order valence-corrected chi connectivity index (χ1v) is 7.99. The third-order valence-corrected chi connectivity index (χ3v) is 4.22. The van der Waals surface area contributed by atoms with Gasteiger partial charge in [-0.05, 0) is 36.8 Å². The number of benzene rings is 1. The van der Waals surface area contributed by atoms with Crippen LogP contribution in [0, 0.1) is 0 Å². The van der Waals surface area contributed by atoms with Crippen LogP contribution in [-0.4, -0.2) is 46.3 Å². The van der Waals surface area contributed by atoms with Gasteiger partial charge >= 0.3 is 6.03 Å². The maximum atomic E-state index is 12.0. The number of nitrogens with zero attached hydrogens (tertiary/aromatic N) is 2. The van der Waals surface area contributed by atoms with Gasteiger partial charge in [-0.25, -0.2) is 4.79 Å². The lowest BCUT2D eigenvalue weighted by molar-refractivity contribution is 0.0843. The molecule has 1 aliphatic rings. The van der Waals surface area contributed by atoms with E-state index in [0.29, 0.717) is 13.1 Å². The van der Waals surface area contributed by atoms with Crippen molar-refractivity contribution in [1.82, 2.24) is 14.8 Å². The lowest BCUT2D eigenvalue weighted by Gasteiger charge is -2.30. The summed E-state index contributed by atoms with van der Waals surface area (Å²) < 4.78 is 2.21. The quantitative estimate of drug-likeness (QED) is 0.851. The predicted molar refractivity (Wildman–Crippen MR) is 86.8 cm³/mol. The molecule has 1 atom stereocenters. The minimum Gasteiger partial charge on any atom is -0.391 e. The first-order valence-electron chi connectivity index (χ1n) is 7.99. The van der Waals surface area contributed by atoms with Gasteiger partial charge in [0.1, 0.15) is 0 Å². The number of aryl methyl sites for hydroxylation is 1. The van der Waals surface area contributed by atoms with Crippen molar-refractivity contribution < 1.29 is 9.90 Å². The molecule has 2 amide bonds. The average Bonchev–Trinajstić information content (AvgIpc) is 2.95. The Morgan fingerprint density at radius 1 is 1.32 bits per heavy atom. The zero-order chi connectivity index (χ0) is 15.4. The van der Waals surface area contributed by atoms with E-state index in [-0.39, 0.29) is 12.1 Å². The van der Waals surface area contributed by atoms with Crippen LogP contribution >= 0.6 is 0 Å². The highest BCUT2D eigenvalue weighted by atomic mass is 16.3. The molecule has 1 saturated heterocycles. The molecule has 0 saturated carbocycles. The van der Waals surface area contributed by atoms with Gasteiger partial charge in [-0.1, -0.05) is 18.2 Å². The molecule has 1 fully saturated rings. The molecule has 5 nitrogen and oxygen atoms in total. The number of aliphatic hydroxyl groups is 1. The lowest BCUT2D eigenvalue weighted by atomic mass is 10.1. The van der Waals surface area contributed by atoms with E-state index in [1.807, 2.05) is 12.1 Å². The van der Waals surface area contributed by atoms with E-state index in [0.717, 1.165) is 32.4 Å². The molecule has 0 aliphatic carbocycles. The number of likely N-dealkylation sites (tertiary alicyclic amines) is 1. The van der Waals surface area contributed by atoms with Gasteiger partial charge in [0.25, 0.3) is 0 Å². The van der Waals surface area contributed by atoms with E-state index >= 15 is 0 Å². The Morgan fingerprint density at radius 2 is 2.18 bits per heavy atom. The number of aliphatic hydroxyl groups excluding tert-OH is 1. The fraction of sp³-hybridized carbons (Fsp3) is 0.471. The number of carbonyl (C=O) groups is 1. The molecular weight excluding hydrogens is 278 g/mol. The van der Waals surface area contributed by atoms with Crippen LogP contribution in [0.5, 0.6) is 0 Å². The molecule has 0 spiro atoms. The molecule has 1 aromatic carbocycles. The summed E-state index contributed by atoms with van der Waals surface area (Å²) in [5.74, 6) is 0.